The van der Waals surface area contributed by atoms with Crippen molar-refractivity contribution < 1.29 is 43.3 Å². The van der Waals surface area contributed by atoms with Gasteiger partial charge in [0.1, 0.15) is 36.0 Å². The molecule has 0 radical (unpaired) electrons. The Morgan fingerprint density at radius 2 is 1.52 bits per heavy atom. The van der Waals surface area contributed by atoms with Crippen LogP contribution in [-0.2, 0) is 40.6 Å². The van der Waals surface area contributed by atoms with Crippen LogP contribution in [0.3, 0.4) is 0 Å². The molecule has 4 amide bonds. The fraction of sp³-hybridized carbons (Fsp3) is 0.302. The number of nitrogens with zero attached hydrogens (tertiary/aromatic N) is 3. The summed E-state index contributed by atoms with van der Waals surface area (Å²) in [5.41, 5.74) is 8.14. The zero-order valence-electron chi connectivity index (χ0n) is 37.7. The van der Waals surface area contributed by atoms with Gasteiger partial charge in [-0.05, 0) is 71.1 Å². The molecule has 344 valence electrons. The number of aliphatic hydroxyl groups excluding tert-OH is 1. The molecule has 0 aliphatic carbocycles. The minimum atomic E-state index is -2.11. The standard InChI is InChI=1S/C53H53N5O9/c1-33(2)43(49(61)65-4)55-52(64)57-41-26-25-34(18-15-27-56(3)32-35-16-8-5-9-17-35)30-40(41)53(51(57)63)42(48(54)60)45-50(62)67-46(37-21-12-7-13-22-37)44(36-19-10-6-11-20-36)58(45)47(53)38-23-14-24-39(31-38)66-29-28-59/h5-14,16-17,19-26,30-31,33,42-47,59H,27-29,32H2,1-4H3,(H2,54,60)(H,55,64)/t42-,43+,44-,45-,46+,47+,53-/m1/s1. The van der Waals surface area contributed by atoms with E-state index in [1.54, 1.807) is 56.3 Å². The van der Waals surface area contributed by atoms with E-state index < -0.39 is 77.3 Å². The third-order valence-corrected chi connectivity index (χ3v) is 12.8. The highest BCUT2D eigenvalue weighted by Crippen LogP contribution is 2.66. The lowest BCUT2D eigenvalue weighted by Gasteiger charge is -2.46. The number of esters is 2. The maximum atomic E-state index is 16.3. The molecule has 0 saturated carbocycles. The number of benzene rings is 5. The number of hydrogen-bond donors (Lipinski definition) is 3. The van der Waals surface area contributed by atoms with E-state index in [1.165, 1.54) is 7.11 Å². The van der Waals surface area contributed by atoms with Crippen LogP contribution in [-0.4, -0.2) is 90.7 Å². The van der Waals surface area contributed by atoms with Gasteiger partial charge in [0.2, 0.25) is 11.8 Å². The molecule has 7 atom stereocenters. The number of aliphatic hydroxyl groups is 1. The largest absolute Gasteiger partial charge is 0.491 e. The number of ether oxygens (including phenoxy) is 3. The molecule has 0 aromatic heterocycles. The number of nitrogens with one attached hydrogen (secondary N) is 1. The van der Waals surface area contributed by atoms with Crippen molar-refractivity contribution in [3.8, 4) is 17.6 Å². The summed E-state index contributed by atoms with van der Waals surface area (Å²) in [5, 5.41) is 12.5. The number of fused-ring (bicyclic) bond motifs is 3. The highest BCUT2D eigenvalue weighted by molar-refractivity contribution is 6.25. The summed E-state index contributed by atoms with van der Waals surface area (Å²) in [6.07, 6.45) is -0.945. The van der Waals surface area contributed by atoms with Crippen LogP contribution in [0, 0.1) is 23.7 Å². The van der Waals surface area contributed by atoms with E-state index in [4.69, 9.17) is 19.9 Å². The van der Waals surface area contributed by atoms with Crippen LogP contribution in [0.5, 0.6) is 5.75 Å². The normalized spacial score (nSPS) is 22.4. The van der Waals surface area contributed by atoms with Crippen molar-refractivity contribution in [2.75, 3.05) is 38.8 Å². The van der Waals surface area contributed by atoms with Crippen molar-refractivity contribution in [3.05, 3.63) is 167 Å². The van der Waals surface area contributed by atoms with E-state index in [0.717, 1.165) is 10.5 Å². The number of rotatable bonds is 13. The van der Waals surface area contributed by atoms with Gasteiger partial charge in [0.25, 0.3) is 0 Å². The van der Waals surface area contributed by atoms with Crippen molar-refractivity contribution in [3.63, 3.8) is 0 Å². The Balaban J connectivity index is 1.38. The molecule has 4 N–H and O–H groups in total. The highest BCUT2D eigenvalue weighted by atomic mass is 16.6. The van der Waals surface area contributed by atoms with Crippen molar-refractivity contribution >= 4 is 35.5 Å². The quantitative estimate of drug-likeness (QED) is 0.0989. The molecule has 1 spiro atoms. The summed E-state index contributed by atoms with van der Waals surface area (Å²) in [7, 11) is 3.16. The van der Waals surface area contributed by atoms with Gasteiger partial charge in [0.05, 0.1) is 44.0 Å². The molecule has 0 bridgehead atoms. The fourth-order valence-electron chi connectivity index (χ4n) is 10.0. The van der Waals surface area contributed by atoms with E-state index in [9.17, 15) is 19.5 Å². The summed E-state index contributed by atoms with van der Waals surface area (Å²) >= 11 is 0. The second-order valence-electron chi connectivity index (χ2n) is 17.3. The molecular weight excluding hydrogens is 851 g/mol. The first-order chi connectivity index (χ1) is 32.4. The third-order valence-electron chi connectivity index (χ3n) is 12.8. The van der Waals surface area contributed by atoms with Gasteiger partial charge < -0.3 is 30.4 Å². The van der Waals surface area contributed by atoms with Gasteiger partial charge in [0.15, 0.2) is 0 Å². The Kier molecular flexibility index (Phi) is 13.6. The number of hydrogen-bond acceptors (Lipinski definition) is 11. The predicted molar refractivity (Wildman–Crippen MR) is 249 cm³/mol. The van der Waals surface area contributed by atoms with Crippen LogP contribution in [0.25, 0.3) is 0 Å². The zero-order chi connectivity index (χ0) is 47.4. The molecule has 2 saturated heterocycles. The summed E-state index contributed by atoms with van der Waals surface area (Å²) in [4.78, 5) is 78.7. The van der Waals surface area contributed by atoms with E-state index in [0.29, 0.717) is 41.1 Å². The minimum absolute atomic E-state index is 0.0416. The first-order valence-corrected chi connectivity index (χ1v) is 22.2. The molecule has 8 rings (SSSR count). The number of methoxy groups -OCH3 is 1. The Labute approximate surface area is 389 Å². The molecule has 14 heteroatoms. The van der Waals surface area contributed by atoms with Gasteiger partial charge in [-0.25, -0.2) is 14.5 Å². The lowest BCUT2D eigenvalue weighted by atomic mass is 9.65. The molecule has 14 nitrogen and oxygen atoms in total. The van der Waals surface area contributed by atoms with Crippen molar-refractivity contribution in [1.82, 2.24) is 15.1 Å². The first-order valence-electron chi connectivity index (χ1n) is 22.2. The number of cyclic esters (lactones) is 1. The number of imide groups is 1. The Hall–Kier alpha value is -7.31. The smallest absolute Gasteiger partial charge is 0.329 e. The third kappa shape index (κ3) is 8.65. The number of morpholine rings is 1. The number of urea groups is 1. The number of carbonyl (C=O) groups is 5. The van der Waals surface area contributed by atoms with Crippen LogP contribution < -0.4 is 20.7 Å². The average Bonchev–Trinajstić information content (AvgIpc) is 3.79. The topological polar surface area (TPSA) is 181 Å². The fourth-order valence-corrected chi connectivity index (χ4v) is 10.0. The van der Waals surface area contributed by atoms with Gasteiger partial charge in [-0.3, -0.25) is 24.2 Å². The Morgan fingerprint density at radius 1 is 0.866 bits per heavy atom. The molecule has 3 aliphatic rings. The van der Waals surface area contributed by atoms with Crippen LogP contribution in [0.15, 0.2) is 133 Å². The molecule has 3 aliphatic heterocycles. The van der Waals surface area contributed by atoms with Crippen molar-refractivity contribution in [2.45, 2.75) is 56.1 Å². The van der Waals surface area contributed by atoms with E-state index in [-0.39, 0.29) is 24.5 Å². The number of primary amides is 1. The Bertz CT molecular complexity index is 2710. The second kappa shape index (κ2) is 19.7. The molecule has 2 fully saturated rings. The van der Waals surface area contributed by atoms with E-state index >= 15 is 9.59 Å². The number of nitrogens with two attached hydrogens (primary N) is 1. The molecule has 5 aromatic rings. The predicted octanol–water partition coefficient (Wildman–Crippen LogP) is 5.60. The number of amides is 4. The van der Waals surface area contributed by atoms with E-state index in [1.807, 2.05) is 103 Å². The monoisotopic (exact) mass is 903 g/mol. The van der Waals surface area contributed by atoms with Crippen LogP contribution in [0.4, 0.5) is 10.5 Å². The van der Waals surface area contributed by atoms with Crippen LogP contribution in [0.1, 0.15) is 65.4 Å². The number of anilines is 1. The summed E-state index contributed by atoms with van der Waals surface area (Å²) < 4.78 is 17.4. The summed E-state index contributed by atoms with van der Waals surface area (Å²) in [6.45, 7) is 4.16. The molecule has 0 unspecified atom stereocenters. The van der Waals surface area contributed by atoms with Gasteiger partial charge in [-0.2, -0.15) is 0 Å². The van der Waals surface area contributed by atoms with E-state index in [2.05, 4.69) is 22.1 Å². The molecular formula is C53H53N5O9. The highest BCUT2D eigenvalue weighted by Gasteiger charge is 2.75. The molecule has 5 aromatic carbocycles. The van der Waals surface area contributed by atoms with Crippen molar-refractivity contribution in [2.24, 2.45) is 17.6 Å². The second-order valence-corrected chi connectivity index (χ2v) is 17.3. The van der Waals surface area contributed by atoms with Crippen LogP contribution in [0.2, 0.25) is 0 Å². The molecule has 3 heterocycles. The summed E-state index contributed by atoms with van der Waals surface area (Å²) in [5.74, 6) is 1.37. The van der Waals surface area contributed by atoms with Gasteiger partial charge in [-0.1, -0.05) is 129 Å². The van der Waals surface area contributed by atoms with Gasteiger partial charge >= 0.3 is 18.0 Å². The minimum Gasteiger partial charge on any atom is -0.491 e. The van der Waals surface area contributed by atoms with Crippen LogP contribution >= 0.6 is 0 Å². The number of carbonyl (C=O) groups excluding carboxylic acids is 5. The maximum absolute atomic E-state index is 16.3. The first kappa shape index (κ1) is 46.2. The SMILES string of the molecule is COC(=O)[C@@H](NC(=O)N1C(=O)[C@@]2(c3cc(C#CCN(C)Cc4ccccc4)ccc31)[C@H](c1cccc(OCCO)c1)N1[C@H](c3ccccc3)[C@H](c3ccccc3)OC(=O)[C@H]1[C@@H]2C(N)=O)C(C)C. The lowest BCUT2D eigenvalue weighted by molar-refractivity contribution is -0.178. The van der Waals surface area contributed by atoms with Gasteiger partial charge in [0, 0.05) is 12.1 Å². The lowest BCUT2D eigenvalue weighted by Crippen LogP contribution is -2.57. The van der Waals surface area contributed by atoms with Gasteiger partial charge in [-0.15, -0.1) is 0 Å². The zero-order valence-corrected chi connectivity index (χ0v) is 37.7. The average molecular weight is 904 g/mol. The Morgan fingerprint density at radius 3 is 2.16 bits per heavy atom. The van der Waals surface area contributed by atoms with Crippen molar-refractivity contribution in [1.29, 1.82) is 0 Å². The maximum Gasteiger partial charge on any atom is 0.329 e. The molecule has 67 heavy (non-hydrogen) atoms. The summed E-state index contributed by atoms with van der Waals surface area (Å²) in [6, 6.07) is 34.8.